The quantitative estimate of drug-likeness (QED) is 0.267. The minimum Gasteiger partial charge on any atom is -0.759 e. The molecule has 0 N–H and O–H groups in total. The van der Waals surface area contributed by atoms with Crippen LogP contribution in [0.2, 0.25) is 0 Å². The predicted molar refractivity (Wildman–Crippen MR) is 41.7 cm³/mol. The van der Waals surface area contributed by atoms with E-state index in [9.17, 15) is 0 Å². The standard InChI is InChI=1S/C7H8.2K.H2O4S/c1-7-5-3-2-4-6-7;;;1-5(2,3)4/h2-6H,1H3;;;(H2,1,2,3,4)/q;2*+1;/p-2. The molecule has 0 spiro atoms. The van der Waals surface area contributed by atoms with Gasteiger partial charge in [-0.3, -0.25) is 8.42 Å². The summed E-state index contributed by atoms with van der Waals surface area (Å²) in [7, 11) is -5.17. The Balaban J connectivity index is -0.000000159. The van der Waals surface area contributed by atoms with E-state index >= 15 is 0 Å². The summed E-state index contributed by atoms with van der Waals surface area (Å²) in [6, 6.07) is 10.3. The molecule has 0 aromatic heterocycles. The molecule has 1 rings (SSSR count). The van der Waals surface area contributed by atoms with Gasteiger partial charge in [0.25, 0.3) is 0 Å². The van der Waals surface area contributed by atoms with Crippen LogP contribution in [0, 0.1) is 6.92 Å². The van der Waals surface area contributed by atoms with Crippen LogP contribution in [0.1, 0.15) is 5.56 Å². The van der Waals surface area contributed by atoms with E-state index in [0.29, 0.717) is 0 Å². The fourth-order valence-electron chi connectivity index (χ4n) is 0.534. The molecule has 0 saturated heterocycles. The molecule has 0 fully saturated rings. The van der Waals surface area contributed by atoms with E-state index in [-0.39, 0.29) is 103 Å². The summed E-state index contributed by atoms with van der Waals surface area (Å²) in [6.45, 7) is 2.08. The van der Waals surface area contributed by atoms with Gasteiger partial charge in [0, 0.05) is 10.4 Å². The van der Waals surface area contributed by atoms with E-state index in [1.165, 1.54) is 5.56 Å². The maximum absolute atomic E-state index is 8.52. The van der Waals surface area contributed by atoms with Crippen molar-refractivity contribution >= 4 is 10.4 Å². The van der Waals surface area contributed by atoms with Crippen molar-refractivity contribution in [2.75, 3.05) is 0 Å². The van der Waals surface area contributed by atoms with E-state index in [4.69, 9.17) is 17.5 Å². The Kier molecular flexibility index (Phi) is 18.3. The summed E-state index contributed by atoms with van der Waals surface area (Å²) in [5.41, 5.74) is 1.32. The molecule has 0 amide bonds. The maximum atomic E-state index is 8.52. The number of hydrogen-bond acceptors (Lipinski definition) is 4. The Morgan fingerprint density at radius 3 is 1.43 bits per heavy atom. The van der Waals surface area contributed by atoms with Gasteiger partial charge in [-0.25, -0.2) is 0 Å². The number of aryl methyl sites for hydroxylation is 1. The molecule has 0 aliphatic heterocycles. The Morgan fingerprint density at radius 2 is 1.29 bits per heavy atom. The largest absolute Gasteiger partial charge is 1.00 e. The predicted octanol–water partition coefficient (Wildman–Crippen LogP) is -5.33. The smallest absolute Gasteiger partial charge is 0.759 e. The molecule has 0 heterocycles. The van der Waals surface area contributed by atoms with E-state index in [2.05, 4.69) is 19.1 Å². The van der Waals surface area contributed by atoms with Gasteiger partial charge in [-0.15, -0.1) is 0 Å². The van der Waals surface area contributed by atoms with Crippen molar-refractivity contribution in [2.45, 2.75) is 6.92 Å². The Hall–Kier alpha value is 2.36. The topological polar surface area (TPSA) is 80.3 Å². The van der Waals surface area contributed by atoms with Crippen LogP contribution in [0.3, 0.4) is 0 Å². The maximum Gasteiger partial charge on any atom is 1.00 e. The molecule has 7 heteroatoms. The third-order valence-electron chi connectivity index (χ3n) is 0.940. The molecular weight excluding hydrogens is 258 g/mol. The fourth-order valence-corrected chi connectivity index (χ4v) is 0.534. The Labute approximate surface area is 169 Å². The van der Waals surface area contributed by atoms with Gasteiger partial charge in [-0.1, -0.05) is 35.9 Å². The third kappa shape index (κ3) is 23.9. The van der Waals surface area contributed by atoms with Gasteiger partial charge < -0.3 is 9.11 Å². The second-order valence-corrected chi connectivity index (χ2v) is 2.88. The van der Waals surface area contributed by atoms with Crippen LogP contribution in [-0.2, 0) is 10.4 Å². The van der Waals surface area contributed by atoms with Crippen molar-refractivity contribution in [3.63, 3.8) is 0 Å². The van der Waals surface area contributed by atoms with Crippen molar-refractivity contribution in [3.8, 4) is 0 Å². The van der Waals surface area contributed by atoms with Crippen LogP contribution in [-0.4, -0.2) is 17.5 Å². The summed E-state index contributed by atoms with van der Waals surface area (Å²) >= 11 is 0. The molecule has 0 aliphatic rings. The van der Waals surface area contributed by atoms with Crippen LogP contribution in [0.15, 0.2) is 30.3 Å². The van der Waals surface area contributed by atoms with Gasteiger partial charge in [0.05, 0.1) is 0 Å². The van der Waals surface area contributed by atoms with Crippen LogP contribution < -0.4 is 103 Å². The first-order valence-corrected chi connectivity index (χ1v) is 4.41. The number of rotatable bonds is 0. The minimum atomic E-state index is -5.17. The summed E-state index contributed by atoms with van der Waals surface area (Å²) in [6.07, 6.45) is 0. The molecule has 0 aliphatic carbocycles. The first kappa shape index (κ1) is 21.6. The molecule has 0 radical (unpaired) electrons. The van der Waals surface area contributed by atoms with Crippen molar-refractivity contribution in [3.05, 3.63) is 35.9 Å². The summed E-state index contributed by atoms with van der Waals surface area (Å²) in [5, 5.41) is 0. The van der Waals surface area contributed by atoms with Gasteiger partial charge >= 0.3 is 103 Å². The summed E-state index contributed by atoms with van der Waals surface area (Å²) < 4.78 is 34.1. The molecule has 0 unspecified atom stereocenters. The Bertz CT molecular complexity index is 304. The van der Waals surface area contributed by atoms with Gasteiger partial charge in [0.2, 0.25) is 0 Å². The summed E-state index contributed by atoms with van der Waals surface area (Å²) in [4.78, 5) is 0. The molecule has 68 valence electrons. The average molecular weight is 266 g/mol. The monoisotopic (exact) mass is 266 g/mol. The van der Waals surface area contributed by atoms with Crippen molar-refractivity contribution in [1.82, 2.24) is 0 Å². The zero-order valence-corrected chi connectivity index (χ0v) is 15.5. The van der Waals surface area contributed by atoms with Crippen molar-refractivity contribution < 1.29 is 120 Å². The third-order valence-corrected chi connectivity index (χ3v) is 0.940. The molecule has 0 atom stereocenters. The molecule has 1 aromatic carbocycles. The second-order valence-electron chi connectivity index (χ2n) is 2.06. The molecular formula is C7H8K2O4S. The van der Waals surface area contributed by atoms with Crippen molar-refractivity contribution in [1.29, 1.82) is 0 Å². The normalized spacial score (nSPS) is 8.50. The molecule has 4 nitrogen and oxygen atoms in total. The number of hydrogen-bond donors (Lipinski definition) is 0. The first-order chi connectivity index (χ1) is 5.39. The molecule has 14 heavy (non-hydrogen) atoms. The average Bonchev–Trinajstić information content (AvgIpc) is 1.85. The fraction of sp³-hybridized carbons (Fsp3) is 0.143. The van der Waals surface area contributed by atoms with Gasteiger partial charge in [0.15, 0.2) is 0 Å². The van der Waals surface area contributed by atoms with Crippen LogP contribution in [0.25, 0.3) is 0 Å². The summed E-state index contributed by atoms with van der Waals surface area (Å²) in [5.74, 6) is 0. The first-order valence-electron chi connectivity index (χ1n) is 3.08. The Morgan fingerprint density at radius 1 is 1.00 bits per heavy atom. The van der Waals surface area contributed by atoms with Gasteiger partial charge in [-0.2, -0.15) is 0 Å². The zero-order valence-electron chi connectivity index (χ0n) is 8.43. The molecule has 0 saturated carbocycles. The number of benzene rings is 1. The van der Waals surface area contributed by atoms with Gasteiger partial charge in [0.1, 0.15) is 0 Å². The van der Waals surface area contributed by atoms with Crippen LogP contribution >= 0.6 is 0 Å². The molecule has 0 bridgehead atoms. The second kappa shape index (κ2) is 11.8. The molecule has 1 aromatic rings. The van der Waals surface area contributed by atoms with Crippen LogP contribution in [0.4, 0.5) is 0 Å². The van der Waals surface area contributed by atoms with Crippen molar-refractivity contribution in [2.24, 2.45) is 0 Å². The van der Waals surface area contributed by atoms with E-state index in [1.807, 2.05) is 18.2 Å². The van der Waals surface area contributed by atoms with E-state index < -0.39 is 10.4 Å². The van der Waals surface area contributed by atoms with E-state index in [0.717, 1.165) is 0 Å². The van der Waals surface area contributed by atoms with Crippen LogP contribution in [0.5, 0.6) is 0 Å². The zero-order chi connectivity index (χ0) is 9.61. The van der Waals surface area contributed by atoms with E-state index in [1.54, 1.807) is 0 Å². The SMILES string of the molecule is Cc1ccccc1.O=S(=O)([O-])[O-].[K+].[K+]. The van der Waals surface area contributed by atoms with Gasteiger partial charge in [-0.05, 0) is 6.92 Å². The minimum absolute atomic E-state index is 0.